The van der Waals surface area contributed by atoms with E-state index in [1.807, 2.05) is 42.5 Å². The van der Waals surface area contributed by atoms with Crippen LogP contribution < -0.4 is 4.90 Å². The van der Waals surface area contributed by atoms with Gasteiger partial charge >= 0.3 is 0 Å². The van der Waals surface area contributed by atoms with E-state index in [1.165, 1.54) is 11.3 Å². The fourth-order valence-corrected chi connectivity index (χ4v) is 2.27. The predicted octanol–water partition coefficient (Wildman–Crippen LogP) is 3.55. The number of para-hydroxylation sites is 1. The summed E-state index contributed by atoms with van der Waals surface area (Å²) in [5.74, 6) is 0. The molecule has 0 aliphatic heterocycles. The lowest BCUT2D eigenvalue weighted by Crippen LogP contribution is -2.21. The van der Waals surface area contributed by atoms with Gasteiger partial charge in [0, 0.05) is 19.3 Å². The zero-order valence-corrected chi connectivity index (χ0v) is 11.6. The second-order valence-electron chi connectivity index (χ2n) is 4.92. The van der Waals surface area contributed by atoms with Gasteiger partial charge in [0.1, 0.15) is 0 Å². The Hall–Kier alpha value is -1.80. The van der Waals surface area contributed by atoms with E-state index in [-0.39, 0.29) is 0 Å². The van der Waals surface area contributed by atoms with E-state index in [1.54, 1.807) is 0 Å². The molecule has 0 saturated carbocycles. The molecule has 0 aliphatic rings. The molecule has 0 radical (unpaired) electrons. The summed E-state index contributed by atoms with van der Waals surface area (Å²) in [7, 11) is 2.07. The Morgan fingerprint density at radius 3 is 2.32 bits per heavy atom. The summed E-state index contributed by atoms with van der Waals surface area (Å²) in [5, 5.41) is 10.2. The van der Waals surface area contributed by atoms with Gasteiger partial charge in [0.2, 0.25) is 0 Å². The summed E-state index contributed by atoms with van der Waals surface area (Å²) >= 11 is 0. The Balaban J connectivity index is 1.94. The number of aryl methyl sites for hydroxylation is 1. The second-order valence-corrected chi connectivity index (χ2v) is 4.92. The minimum Gasteiger partial charge on any atom is -0.388 e. The average Bonchev–Trinajstić information content (AvgIpc) is 2.46. The molecule has 2 nitrogen and oxygen atoms in total. The summed E-state index contributed by atoms with van der Waals surface area (Å²) in [4.78, 5) is 2.20. The summed E-state index contributed by atoms with van der Waals surface area (Å²) in [6.45, 7) is 2.94. The van der Waals surface area contributed by atoms with E-state index in [4.69, 9.17) is 0 Å². The maximum atomic E-state index is 10.2. The molecule has 0 aliphatic carbocycles. The molecule has 0 fully saturated rings. The lowest BCUT2D eigenvalue weighted by atomic mass is 10.1. The molecule has 0 bridgehead atoms. The minimum atomic E-state index is -0.396. The van der Waals surface area contributed by atoms with Crippen LogP contribution in [0.2, 0.25) is 0 Å². The first-order valence-electron chi connectivity index (χ1n) is 6.68. The van der Waals surface area contributed by atoms with Crippen LogP contribution in [0.5, 0.6) is 0 Å². The number of benzene rings is 2. The van der Waals surface area contributed by atoms with Crippen LogP contribution >= 0.6 is 0 Å². The number of nitrogens with zero attached hydrogens (tertiary/aromatic N) is 1. The lowest BCUT2D eigenvalue weighted by molar-refractivity contribution is 0.170. The molecule has 2 heteroatoms. The Bertz CT molecular complexity index is 510. The predicted molar refractivity (Wildman–Crippen MR) is 80.5 cm³/mol. The highest BCUT2D eigenvalue weighted by molar-refractivity contribution is 5.52. The average molecular weight is 255 g/mol. The molecular formula is C17H21NO. The maximum absolute atomic E-state index is 10.2. The second kappa shape index (κ2) is 6.39. The Kier molecular flexibility index (Phi) is 4.58. The minimum absolute atomic E-state index is 0.396. The number of hydrogen-bond acceptors (Lipinski definition) is 2. The molecular weight excluding hydrogens is 234 g/mol. The highest BCUT2D eigenvalue weighted by Crippen LogP contribution is 2.21. The molecule has 0 aromatic heterocycles. The molecule has 1 N–H and O–H groups in total. The summed E-state index contributed by atoms with van der Waals surface area (Å²) < 4.78 is 0. The van der Waals surface area contributed by atoms with E-state index < -0.39 is 6.10 Å². The van der Waals surface area contributed by atoms with Gasteiger partial charge in [-0.15, -0.1) is 0 Å². The molecule has 2 aromatic rings. The standard InChI is InChI=1S/C17H21NO/c1-14-8-6-7-11-16(14)18(2)13-12-17(19)15-9-4-3-5-10-15/h3-11,17,19H,12-13H2,1-2H3. The third-order valence-corrected chi connectivity index (χ3v) is 3.45. The number of aliphatic hydroxyl groups excluding tert-OH is 1. The van der Waals surface area contributed by atoms with Crippen molar-refractivity contribution in [2.24, 2.45) is 0 Å². The molecule has 2 rings (SSSR count). The van der Waals surface area contributed by atoms with Crippen molar-refractivity contribution in [3.8, 4) is 0 Å². The quantitative estimate of drug-likeness (QED) is 0.883. The first-order valence-corrected chi connectivity index (χ1v) is 6.68. The largest absolute Gasteiger partial charge is 0.388 e. The maximum Gasteiger partial charge on any atom is 0.0806 e. The number of anilines is 1. The fourth-order valence-electron chi connectivity index (χ4n) is 2.27. The molecule has 2 aromatic carbocycles. The van der Waals surface area contributed by atoms with Gasteiger partial charge in [0.15, 0.2) is 0 Å². The van der Waals surface area contributed by atoms with Crippen molar-refractivity contribution in [3.63, 3.8) is 0 Å². The van der Waals surface area contributed by atoms with Crippen LogP contribution in [0.3, 0.4) is 0 Å². The highest BCUT2D eigenvalue weighted by Gasteiger charge is 2.09. The van der Waals surface area contributed by atoms with Crippen LogP contribution in [0.15, 0.2) is 54.6 Å². The van der Waals surface area contributed by atoms with Gasteiger partial charge in [-0.05, 0) is 30.5 Å². The van der Waals surface area contributed by atoms with Crippen LogP contribution in [0, 0.1) is 6.92 Å². The van der Waals surface area contributed by atoms with E-state index in [0.717, 1.165) is 18.5 Å². The van der Waals surface area contributed by atoms with Gasteiger partial charge in [-0.1, -0.05) is 48.5 Å². The SMILES string of the molecule is Cc1ccccc1N(C)CCC(O)c1ccccc1. The molecule has 1 atom stereocenters. The highest BCUT2D eigenvalue weighted by atomic mass is 16.3. The van der Waals surface area contributed by atoms with Gasteiger partial charge in [-0.3, -0.25) is 0 Å². The smallest absolute Gasteiger partial charge is 0.0806 e. The van der Waals surface area contributed by atoms with E-state index in [9.17, 15) is 5.11 Å². The molecule has 0 heterocycles. The fraction of sp³-hybridized carbons (Fsp3) is 0.294. The Morgan fingerprint density at radius 1 is 1.00 bits per heavy atom. The van der Waals surface area contributed by atoms with E-state index in [0.29, 0.717) is 0 Å². The lowest BCUT2D eigenvalue weighted by Gasteiger charge is -2.23. The van der Waals surface area contributed by atoms with Crippen molar-refractivity contribution in [3.05, 3.63) is 65.7 Å². The normalized spacial score (nSPS) is 12.2. The van der Waals surface area contributed by atoms with Crippen molar-refractivity contribution in [2.45, 2.75) is 19.4 Å². The van der Waals surface area contributed by atoms with Crippen LogP contribution in [0.4, 0.5) is 5.69 Å². The molecule has 1 unspecified atom stereocenters. The van der Waals surface area contributed by atoms with Crippen LogP contribution in [0.1, 0.15) is 23.7 Å². The summed E-state index contributed by atoms with van der Waals surface area (Å²) in [6, 6.07) is 18.2. The summed E-state index contributed by atoms with van der Waals surface area (Å²) in [5.41, 5.74) is 3.47. The monoisotopic (exact) mass is 255 g/mol. The Labute approximate surface area is 115 Å². The van der Waals surface area contributed by atoms with Gasteiger partial charge in [0.25, 0.3) is 0 Å². The number of hydrogen-bond donors (Lipinski definition) is 1. The molecule has 0 saturated heterocycles. The first kappa shape index (κ1) is 13.6. The van der Waals surface area contributed by atoms with Crippen molar-refractivity contribution < 1.29 is 5.11 Å². The topological polar surface area (TPSA) is 23.5 Å². The van der Waals surface area contributed by atoms with Crippen LogP contribution in [-0.4, -0.2) is 18.7 Å². The number of rotatable bonds is 5. The first-order chi connectivity index (χ1) is 9.18. The molecule has 0 amide bonds. The van der Waals surface area contributed by atoms with Gasteiger partial charge in [-0.25, -0.2) is 0 Å². The van der Waals surface area contributed by atoms with Gasteiger partial charge in [0.05, 0.1) is 6.10 Å². The van der Waals surface area contributed by atoms with E-state index in [2.05, 4.69) is 31.0 Å². The van der Waals surface area contributed by atoms with Crippen molar-refractivity contribution in [1.29, 1.82) is 0 Å². The third kappa shape index (κ3) is 3.58. The summed E-state index contributed by atoms with van der Waals surface area (Å²) in [6.07, 6.45) is 0.335. The van der Waals surface area contributed by atoms with Gasteiger partial charge < -0.3 is 10.0 Å². The van der Waals surface area contributed by atoms with Crippen molar-refractivity contribution in [2.75, 3.05) is 18.5 Å². The number of aliphatic hydroxyl groups is 1. The molecule has 0 spiro atoms. The van der Waals surface area contributed by atoms with Crippen molar-refractivity contribution in [1.82, 2.24) is 0 Å². The van der Waals surface area contributed by atoms with Crippen LogP contribution in [-0.2, 0) is 0 Å². The molecule has 19 heavy (non-hydrogen) atoms. The van der Waals surface area contributed by atoms with E-state index >= 15 is 0 Å². The zero-order chi connectivity index (χ0) is 13.7. The Morgan fingerprint density at radius 2 is 1.63 bits per heavy atom. The van der Waals surface area contributed by atoms with Gasteiger partial charge in [-0.2, -0.15) is 0 Å². The van der Waals surface area contributed by atoms with Crippen LogP contribution in [0.25, 0.3) is 0 Å². The molecule has 100 valence electrons. The van der Waals surface area contributed by atoms with Crippen molar-refractivity contribution >= 4 is 5.69 Å². The third-order valence-electron chi connectivity index (χ3n) is 3.45. The zero-order valence-electron chi connectivity index (χ0n) is 11.6.